The molecule has 1 aliphatic heterocycles. The van der Waals surface area contributed by atoms with Crippen molar-refractivity contribution in [1.82, 2.24) is 10.2 Å². The summed E-state index contributed by atoms with van der Waals surface area (Å²) < 4.78 is 10.9. The zero-order chi connectivity index (χ0) is 24.4. The Labute approximate surface area is 209 Å². The van der Waals surface area contributed by atoms with E-state index in [2.05, 4.69) is 5.32 Å². The number of nitrogens with zero attached hydrogens (tertiary/aromatic N) is 1. The van der Waals surface area contributed by atoms with E-state index in [0.717, 1.165) is 41.7 Å². The van der Waals surface area contributed by atoms with E-state index in [4.69, 9.17) is 9.47 Å². The van der Waals surface area contributed by atoms with Gasteiger partial charge in [-0.1, -0.05) is 37.1 Å². The number of methoxy groups -OCH3 is 2. The number of ether oxygens (including phenoxy) is 2. The van der Waals surface area contributed by atoms with Gasteiger partial charge in [0.15, 0.2) is 0 Å². The first kappa shape index (κ1) is 23.4. The number of carbonyl (C=O) groups is 2. The van der Waals surface area contributed by atoms with Crippen LogP contribution in [-0.4, -0.2) is 37.0 Å². The van der Waals surface area contributed by atoms with Gasteiger partial charge in [-0.25, -0.2) is 0 Å². The third-order valence-corrected chi connectivity index (χ3v) is 8.10. The topological polar surface area (TPSA) is 67.9 Å². The molecule has 2 amide bonds. The highest BCUT2D eigenvalue weighted by atomic mass is 32.1. The second kappa shape index (κ2) is 10.1. The fraction of sp³-hybridized carbons (Fsp3) is 0.357. The minimum Gasteiger partial charge on any atom is -0.497 e. The molecular weight excluding hydrogens is 460 g/mol. The fourth-order valence-corrected chi connectivity index (χ4v) is 6.35. The van der Waals surface area contributed by atoms with Crippen molar-refractivity contribution in [3.8, 4) is 11.5 Å². The average Bonchev–Trinajstić information content (AvgIpc) is 3.62. The molecule has 2 heterocycles. The van der Waals surface area contributed by atoms with Crippen LogP contribution in [0.15, 0.2) is 60.0 Å². The third-order valence-electron chi connectivity index (χ3n) is 7.15. The third kappa shape index (κ3) is 4.41. The highest BCUT2D eigenvalue weighted by molar-refractivity contribution is 7.10. The van der Waals surface area contributed by atoms with Crippen LogP contribution in [0, 0.1) is 0 Å². The number of hydrogen-bond acceptors (Lipinski definition) is 5. The van der Waals surface area contributed by atoms with E-state index in [9.17, 15) is 9.59 Å². The molecule has 3 aromatic rings. The molecule has 2 aromatic carbocycles. The van der Waals surface area contributed by atoms with Crippen LogP contribution in [0.5, 0.6) is 11.5 Å². The molecule has 6 nitrogen and oxygen atoms in total. The van der Waals surface area contributed by atoms with Crippen LogP contribution in [0.4, 0.5) is 0 Å². The maximum atomic E-state index is 13.9. The lowest BCUT2D eigenvalue weighted by Crippen LogP contribution is -2.50. The molecule has 0 bridgehead atoms. The van der Waals surface area contributed by atoms with E-state index >= 15 is 0 Å². The van der Waals surface area contributed by atoms with Crippen molar-refractivity contribution in [2.75, 3.05) is 14.2 Å². The molecule has 2 atom stereocenters. The number of nitrogens with one attached hydrogen (secondary N) is 1. The number of rotatable bonds is 7. The zero-order valence-electron chi connectivity index (χ0n) is 20.0. The van der Waals surface area contributed by atoms with Crippen molar-refractivity contribution in [3.63, 3.8) is 0 Å². The fourth-order valence-electron chi connectivity index (χ4n) is 5.49. The molecule has 1 saturated carbocycles. The Hall–Kier alpha value is -3.32. The summed E-state index contributed by atoms with van der Waals surface area (Å²) in [7, 11) is 3.23. The second-order valence-corrected chi connectivity index (χ2v) is 10.1. The number of benzene rings is 2. The SMILES string of the molecule is COc1ccc(OC)c(CNC(=O)[C@@H]2c3ccccc3C(=O)N(C3CCCC3)[C@H]2c2cccs2)c1. The van der Waals surface area contributed by atoms with Crippen LogP contribution >= 0.6 is 11.3 Å². The molecule has 1 N–H and O–H groups in total. The first-order valence-electron chi connectivity index (χ1n) is 12.1. The van der Waals surface area contributed by atoms with Gasteiger partial charge in [-0.15, -0.1) is 11.3 Å². The Morgan fingerprint density at radius 3 is 2.57 bits per heavy atom. The largest absolute Gasteiger partial charge is 0.497 e. The van der Waals surface area contributed by atoms with Crippen molar-refractivity contribution in [2.45, 2.75) is 50.2 Å². The van der Waals surface area contributed by atoms with Gasteiger partial charge in [0, 0.05) is 28.6 Å². The first-order chi connectivity index (χ1) is 17.1. The van der Waals surface area contributed by atoms with Gasteiger partial charge in [-0.2, -0.15) is 0 Å². The van der Waals surface area contributed by atoms with E-state index in [1.54, 1.807) is 25.6 Å². The van der Waals surface area contributed by atoms with Crippen LogP contribution in [-0.2, 0) is 11.3 Å². The maximum absolute atomic E-state index is 13.9. The number of carbonyl (C=O) groups excluding carboxylic acids is 2. The van der Waals surface area contributed by atoms with Crippen molar-refractivity contribution in [3.05, 3.63) is 81.5 Å². The monoisotopic (exact) mass is 490 g/mol. The summed E-state index contributed by atoms with van der Waals surface area (Å²) in [6, 6.07) is 17.0. The van der Waals surface area contributed by atoms with Gasteiger partial charge < -0.3 is 19.7 Å². The van der Waals surface area contributed by atoms with Gasteiger partial charge in [0.05, 0.1) is 26.2 Å². The Bertz CT molecular complexity index is 1200. The van der Waals surface area contributed by atoms with Crippen molar-refractivity contribution in [2.24, 2.45) is 0 Å². The molecule has 35 heavy (non-hydrogen) atoms. The first-order valence-corrected chi connectivity index (χ1v) is 12.9. The van der Waals surface area contributed by atoms with E-state index in [1.807, 2.05) is 64.9 Å². The van der Waals surface area contributed by atoms with Crippen LogP contribution in [0.2, 0.25) is 0 Å². The van der Waals surface area contributed by atoms with Crippen LogP contribution in [0.3, 0.4) is 0 Å². The number of amides is 2. The zero-order valence-corrected chi connectivity index (χ0v) is 20.8. The van der Waals surface area contributed by atoms with Gasteiger partial charge in [0.1, 0.15) is 11.5 Å². The molecule has 0 spiro atoms. The summed E-state index contributed by atoms with van der Waals surface area (Å²) in [5, 5.41) is 5.16. The lowest BCUT2D eigenvalue weighted by atomic mass is 9.80. The molecule has 0 saturated heterocycles. The van der Waals surface area contributed by atoms with Gasteiger partial charge in [0.2, 0.25) is 5.91 Å². The van der Waals surface area contributed by atoms with Crippen LogP contribution < -0.4 is 14.8 Å². The maximum Gasteiger partial charge on any atom is 0.254 e. The smallest absolute Gasteiger partial charge is 0.254 e. The van der Waals surface area contributed by atoms with E-state index in [0.29, 0.717) is 23.6 Å². The van der Waals surface area contributed by atoms with Crippen molar-refractivity contribution in [1.29, 1.82) is 0 Å². The Morgan fingerprint density at radius 1 is 1.06 bits per heavy atom. The predicted molar refractivity (Wildman–Crippen MR) is 136 cm³/mol. The standard InChI is InChI=1S/C28H30N2O4S/c1-33-20-13-14-23(34-2)18(16-20)17-29-27(31)25-21-10-5-6-11-22(21)28(32)30(19-8-3-4-9-19)26(25)24-12-7-15-35-24/h5-7,10-16,19,25-26H,3-4,8-9,17H2,1-2H3,(H,29,31)/t25-,26+/m1/s1. The van der Waals surface area contributed by atoms with Gasteiger partial charge >= 0.3 is 0 Å². The molecule has 1 aromatic heterocycles. The predicted octanol–water partition coefficient (Wildman–Crippen LogP) is 5.31. The molecule has 2 aliphatic rings. The van der Waals surface area contributed by atoms with Gasteiger partial charge in [-0.05, 0) is 54.1 Å². The number of fused-ring (bicyclic) bond motifs is 1. The van der Waals surface area contributed by atoms with E-state index < -0.39 is 5.92 Å². The minimum atomic E-state index is -0.500. The molecule has 7 heteroatoms. The van der Waals surface area contributed by atoms with Crippen LogP contribution in [0.1, 0.15) is 64.0 Å². The molecule has 0 unspecified atom stereocenters. The van der Waals surface area contributed by atoms with Crippen molar-refractivity contribution < 1.29 is 19.1 Å². The lowest BCUT2D eigenvalue weighted by molar-refractivity contribution is -0.124. The van der Waals surface area contributed by atoms with Gasteiger partial charge in [0.25, 0.3) is 5.91 Å². The molecule has 182 valence electrons. The van der Waals surface area contributed by atoms with E-state index in [1.165, 1.54) is 0 Å². The van der Waals surface area contributed by atoms with Crippen molar-refractivity contribution >= 4 is 23.2 Å². The normalized spacial score (nSPS) is 19.9. The quantitative estimate of drug-likeness (QED) is 0.488. The number of hydrogen-bond donors (Lipinski definition) is 1. The Morgan fingerprint density at radius 2 is 1.86 bits per heavy atom. The molecular formula is C28H30N2O4S. The van der Waals surface area contributed by atoms with Crippen LogP contribution in [0.25, 0.3) is 0 Å². The molecule has 1 aliphatic carbocycles. The molecule has 5 rings (SSSR count). The van der Waals surface area contributed by atoms with Gasteiger partial charge in [-0.3, -0.25) is 9.59 Å². The highest BCUT2D eigenvalue weighted by Crippen LogP contribution is 2.47. The minimum absolute atomic E-state index is 0.0319. The highest BCUT2D eigenvalue weighted by Gasteiger charge is 2.47. The summed E-state index contributed by atoms with van der Waals surface area (Å²) in [4.78, 5) is 30.8. The summed E-state index contributed by atoms with van der Waals surface area (Å²) in [6.07, 6.45) is 4.18. The summed E-state index contributed by atoms with van der Waals surface area (Å²) in [6.45, 7) is 0.298. The summed E-state index contributed by atoms with van der Waals surface area (Å²) in [5.41, 5.74) is 2.26. The summed E-state index contributed by atoms with van der Waals surface area (Å²) >= 11 is 1.60. The summed E-state index contributed by atoms with van der Waals surface area (Å²) in [5.74, 6) is 0.820. The lowest BCUT2D eigenvalue weighted by Gasteiger charge is -2.44. The second-order valence-electron chi connectivity index (χ2n) is 9.07. The Kier molecular flexibility index (Phi) is 6.77. The average molecular weight is 491 g/mol. The molecule has 0 radical (unpaired) electrons. The number of thiophene rings is 1. The Balaban J connectivity index is 1.53. The molecule has 1 fully saturated rings. The van der Waals surface area contributed by atoms with E-state index in [-0.39, 0.29) is 23.9 Å².